The summed E-state index contributed by atoms with van der Waals surface area (Å²) < 4.78 is 6.61. The molecule has 74 valence electrons. The average molecular weight is 192 g/mol. The Morgan fingerprint density at radius 2 is 2.43 bits per heavy atom. The van der Waals surface area contributed by atoms with Crippen LogP contribution in [0.5, 0.6) is 0 Å². The lowest BCUT2D eigenvalue weighted by atomic mass is 10.1. The first-order valence-electron chi connectivity index (χ1n) is 4.44. The summed E-state index contributed by atoms with van der Waals surface area (Å²) in [6.45, 7) is 0. The van der Waals surface area contributed by atoms with Crippen molar-refractivity contribution in [3.63, 3.8) is 0 Å². The van der Waals surface area contributed by atoms with Crippen LogP contribution in [-0.2, 0) is 13.5 Å². The monoisotopic (exact) mass is 192 g/mol. The summed E-state index contributed by atoms with van der Waals surface area (Å²) in [4.78, 5) is 0. The van der Waals surface area contributed by atoms with Crippen LogP contribution >= 0.6 is 0 Å². The topological polar surface area (TPSA) is 51.2 Å². The molecular formula is C10H12N2O2. The summed E-state index contributed by atoms with van der Waals surface area (Å²) in [6.07, 6.45) is 4.94. The fourth-order valence-electron chi connectivity index (χ4n) is 1.35. The number of aryl methyl sites for hydroxylation is 1. The Kier molecular flexibility index (Phi) is 2.37. The molecule has 1 N–H and O–H groups in total. The lowest BCUT2D eigenvalue weighted by Crippen LogP contribution is -2.01. The van der Waals surface area contributed by atoms with Crippen LogP contribution in [0.3, 0.4) is 0 Å². The number of aromatic nitrogens is 2. The van der Waals surface area contributed by atoms with Crippen LogP contribution in [-0.4, -0.2) is 14.9 Å². The molecule has 2 aromatic heterocycles. The lowest BCUT2D eigenvalue weighted by molar-refractivity contribution is 0.176. The predicted molar refractivity (Wildman–Crippen MR) is 50.6 cm³/mol. The van der Waals surface area contributed by atoms with Crippen molar-refractivity contribution in [1.29, 1.82) is 0 Å². The lowest BCUT2D eigenvalue weighted by Gasteiger charge is -2.04. The van der Waals surface area contributed by atoms with Gasteiger partial charge in [-0.15, -0.1) is 0 Å². The van der Waals surface area contributed by atoms with Gasteiger partial charge in [0.2, 0.25) is 0 Å². The molecule has 14 heavy (non-hydrogen) atoms. The molecule has 0 aromatic carbocycles. The van der Waals surface area contributed by atoms with E-state index >= 15 is 0 Å². The van der Waals surface area contributed by atoms with Gasteiger partial charge in [-0.1, -0.05) is 0 Å². The van der Waals surface area contributed by atoms with Crippen molar-refractivity contribution in [3.8, 4) is 0 Å². The van der Waals surface area contributed by atoms with Crippen LogP contribution in [0.25, 0.3) is 0 Å². The highest BCUT2D eigenvalue weighted by atomic mass is 16.3. The second-order valence-electron chi connectivity index (χ2n) is 3.26. The van der Waals surface area contributed by atoms with Gasteiger partial charge in [0.15, 0.2) is 0 Å². The number of nitrogens with zero attached hydrogens (tertiary/aromatic N) is 2. The van der Waals surface area contributed by atoms with E-state index in [0.29, 0.717) is 6.42 Å². The Balaban J connectivity index is 2.05. The predicted octanol–water partition coefficient (Wildman–Crippen LogP) is 1.29. The molecule has 4 heteroatoms. The zero-order valence-corrected chi connectivity index (χ0v) is 7.92. The SMILES string of the molecule is Cn1ccc(CC(O)c2ccoc2)n1. The summed E-state index contributed by atoms with van der Waals surface area (Å²) in [5.74, 6) is 0. The van der Waals surface area contributed by atoms with E-state index in [0.717, 1.165) is 11.3 Å². The van der Waals surface area contributed by atoms with E-state index in [-0.39, 0.29) is 0 Å². The van der Waals surface area contributed by atoms with Gasteiger partial charge in [-0.25, -0.2) is 0 Å². The molecule has 2 rings (SSSR count). The molecule has 0 saturated heterocycles. The van der Waals surface area contributed by atoms with Crippen molar-refractivity contribution in [2.24, 2.45) is 7.05 Å². The normalized spacial score (nSPS) is 13.0. The molecule has 2 heterocycles. The molecule has 0 spiro atoms. The van der Waals surface area contributed by atoms with Gasteiger partial charge in [-0.2, -0.15) is 5.10 Å². The van der Waals surface area contributed by atoms with Crippen molar-refractivity contribution < 1.29 is 9.52 Å². The largest absolute Gasteiger partial charge is 0.472 e. The first-order valence-corrected chi connectivity index (χ1v) is 4.44. The summed E-state index contributed by atoms with van der Waals surface area (Å²) >= 11 is 0. The Morgan fingerprint density at radius 1 is 1.57 bits per heavy atom. The maximum atomic E-state index is 9.76. The highest BCUT2D eigenvalue weighted by Gasteiger charge is 2.10. The summed E-state index contributed by atoms with van der Waals surface area (Å²) in [6, 6.07) is 3.65. The van der Waals surface area contributed by atoms with Crippen LogP contribution in [0.15, 0.2) is 35.3 Å². The molecule has 0 amide bonds. The summed E-state index contributed by atoms with van der Waals surface area (Å²) in [7, 11) is 1.85. The quantitative estimate of drug-likeness (QED) is 0.797. The highest BCUT2D eigenvalue weighted by Crippen LogP contribution is 2.17. The van der Waals surface area contributed by atoms with Gasteiger partial charge in [0.1, 0.15) is 0 Å². The maximum Gasteiger partial charge on any atom is 0.0960 e. The van der Waals surface area contributed by atoms with Gasteiger partial charge in [0.25, 0.3) is 0 Å². The van der Waals surface area contributed by atoms with Crippen LogP contribution in [0, 0.1) is 0 Å². The second kappa shape index (κ2) is 3.67. The molecule has 0 aliphatic rings. The molecule has 0 saturated carbocycles. The molecular weight excluding hydrogens is 180 g/mol. The number of hydrogen-bond acceptors (Lipinski definition) is 3. The van der Waals surface area contributed by atoms with E-state index in [2.05, 4.69) is 5.10 Å². The molecule has 0 radical (unpaired) electrons. The van der Waals surface area contributed by atoms with Gasteiger partial charge in [0, 0.05) is 25.2 Å². The van der Waals surface area contributed by atoms with Gasteiger partial charge in [-0.05, 0) is 12.1 Å². The van der Waals surface area contributed by atoms with Crippen LogP contribution in [0.2, 0.25) is 0 Å². The number of rotatable bonds is 3. The molecule has 0 bridgehead atoms. The van der Waals surface area contributed by atoms with Gasteiger partial charge in [0.05, 0.1) is 24.3 Å². The third-order valence-corrected chi connectivity index (χ3v) is 2.10. The van der Waals surface area contributed by atoms with Crippen molar-refractivity contribution in [1.82, 2.24) is 9.78 Å². The van der Waals surface area contributed by atoms with E-state index in [9.17, 15) is 5.11 Å². The minimum absolute atomic E-state index is 0.514. The Labute approximate surface area is 81.8 Å². The Bertz CT molecular complexity index is 392. The minimum atomic E-state index is -0.538. The van der Waals surface area contributed by atoms with Crippen molar-refractivity contribution in [2.45, 2.75) is 12.5 Å². The number of aliphatic hydroxyl groups excluding tert-OH is 1. The fraction of sp³-hybridized carbons (Fsp3) is 0.300. The zero-order chi connectivity index (χ0) is 9.97. The highest BCUT2D eigenvalue weighted by molar-refractivity contribution is 5.12. The van der Waals surface area contributed by atoms with Gasteiger partial charge in [-0.3, -0.25) is 4.68 Å². The number of aliphatic hydroxyl groups is 1. The first-order chi connectivity index (χ1) is 6.75. The summed E-state index contributed by atoms with van der Waals surface area (Å²) in [5.41, 5.74) is 1.66. The van der Waals surface area contributed by atoms with E-state index in [4.69, 9.17) is 4.42 Å². The molecule has 2 aromatic rings. The molecule has 4 nitrogen and oxygen atoms in total. The number of hydrogen-bond donors (Lipinski definition) is 1. The van der Waals surface area contributed by atoms with E-state index in [1.807, 2.05) is 19.3 Å². The summed E-state index contributed by atoms with van der Waals surface area (Å²) in [5, 5.41) is 13.9. The Hall–Kier alpha value is -1.55. The van der Waals surface area contributed by atoms with Gasteiger partial charge >= 0.3 is 0 Å². The average Bonchev–Trinajstić information content (AvgIpc) is 2.75. The van der Waals surface area contributed by atoms with Crippen LogP contribution in [0.1, 0.15) is 17.4 Å². The Morgan fingerprint density at radius 3 is 3.00 bits per heavy atom. The van der Waals surface area contributed by atoms with Crippen molar-refractivity contribution in [3.05, 3.63) is 42.1 Å². The smallest absolute Gasteiger partial charge is 0.0960 e. The van der Waals surface area contributed by atoms with E-state index in [1.165, 1.54) is 0 Å². The van der Waals surface area contributed by atoms with Gasteiger partial charge < -0.3 is 9.52 Å². The van der Waals surface area contributed by atoms with Crippen molar-refractivity contribution in [2.75, 3.05) is 0 Å². The molecule has 0 aliphatic carbocycles. The third-order valence-electron chi connectivity index (χ3n) is 2.10. The first kappa shape index (κ1) is 9.02. The minimum Gasteiger partial charge on any atom is -0.472 e. The van der Waals surface area contributed by atoms with E-state index in [1.54, 1.807) is 23.3 Å². The maximum absolute atomic E-state index is 9.76. The molecule has 0 aliphatic heterocycles. The molecule has 1 atom stereocenters. The molecule has 0 fully saturated rings. The fourth-order valence-corrected chi connectivity index (χ4v) is 1.35. The van der Waals surface area contributed by atoms with Crippen LogP contribution in [0.4, 0.5) is 0 Å². The van der Waals surface area contributed by atoms with E-state index < -0.39 is 6.10 Å². The van der Waals surface area contributed by atoms with Crippen molar-refractivity contribution >= 4 is 0 Å². The molecule has 1 unspecified atom stereocenters. The number of furan rings is 1. The zero-order valence-electron chi connectivity index (χ0n) is 7.92. The third kappa shape index (κ3) is 1.85. The van der Waals surface area contributed by atoms with Crippen LogP contribution < -0.4 is 0 Å². The second-order valence-corrected chi connectivity index (χ2v) is 3.26. The standard InChI is InChI=1S/C10H12N2O2/c1-12-4-2-9(11-12)6-10(13)8-3-5-14-7-8/h2-5,7,10,13H,6H2,1H3.